The Hall–Kier alpha value is -4.19. The highest BCUT2D eigenvalue weighted by Gasteiger charge is 2.69. The van der Waals surface area contributed by atoms with E-state index in [9.17, 15) is 14.4 Å². The molecule has 3 heterocycles. The number of Topliss-reactive ketones (excluding diaryl/α,β-unsaturated/α-hetero) is 2. The zero-order valence-electron chi connectivity index (χ0n) is 21.7. The molecule has 3 aromatic rings. The molecular weight excluding hydrogens is 476 g/mol. The summed E-state index contributed by atoms with van der Waals surface area (Å²) in [5.41, 5.74) is 3.53. The number of carbonyl (C=O) groups is 3. The lowest BCUT2D eigenvalue weighted by Crippen LogP contribution is -2.51. The summed E-state index contributed by atoms with van der Waals surface area (Å²) in [5.74, 6) is -0.813. The quantitative estimate of drug-likeness (QED) is 0.465. The number of anilines is 2. The third kappa shape index (κ3) is 3.29. The lowest BCUT2D eigenvalue weighted by Gasteiger charge is -2.37. The van der Waals surface area contributed by atoms with Crippen molar-refractivity contribution in [2.75, 3.05) is 17.3 Å². The summed E-state index contributed by atoms with van der Waals surface area (Å²) in [5, 5.41) is 3.04. The Morgan fingerprint density at radius 3 is 2.53 bits per heavy atom. The molecule has 1 amide bonds. The molecule has 0 unspecified atom stereocenters. The van der Waals surface area contributed by atoms with Gasteiger partial charge in [-0.3, -0.25) is 14.4 Å². The van der Waals surface area contributed by atoms with E-state index in [4.69, 9.17) is 4.74 Å². The minimum Gasteiger partial charge on any atom is -0.497 e. The highest BCUT2D eigenvalue weighted by atomic mass is 16.5. The van der Waals surface area contributed by atoms with Crippen LogP contribution in [0.4, 0.5) is 11.4 Å². The average molecular weight is 507 g/mol. The van der Waals surface area contributed by atoms with Gasteiger partial charge in [-0.1, -0.05) is 68.0 Å². The molecular formula is C32H30N2O4. The van der Waals surface area contributed by atoms with Crippen molar-refractivity contribution in [2.45, 2.75) is 44.2 Å². The largest absolute Gasteiger partial charge is 0.497 e. The standard InChI is InChI=1S/C32H30N2O4/c1-4-7-20-10-12-21(13-11-20)30(36)28-29(19(2)35)34-26-16-15-23(38-3)18-22(26)14-17-27(34)32(28)24-8-5-6-9-25(24)33-31(32)37/h5-6,8-18,27-29H,4,7H2,1-3H3,(H,33,37)/t27-,28+,29-,32-/m1/s1. The van der Waals surface area contributed by atoms with Crippen LogP contribution in [-0.2, 0) is 21.4 Å². The third-order valence-corrected chi connectivity index (χ3v) is 8.32. The van der Waals surface area contributed by atoms with Gasteiger partial charge in [0.25, 0.3) is 0 Å². The fourth-order valence-electron chi connectivity index (χ4n) is 6.74. The molecule has 0 aliphatic carbocycles. The Balaban J connectivity index is 1.59. The van der Waals surface area contributed by atoms with Crippen molar-refractivity contribution in [3.63, 3.8) is 0 Å². The summed E-state index contributed by atoms with van der Waals surface area (Å²) in [7, 11) is 1.61. The van der Waals surface area contributed by atoms with Crippen LogP contribution in [0.2, 0.25) is 0 Å². The number of benzene rings is 3. The summed E-state index contributed by atoms with van der Waals surface area (Å²) >= 11 is 0. The van der Waals surface area contributed by atoms with Crippen LogP contribution in [0.3, 0.4) is 0 Å². The molecule has 3 aliphatic rings. The molecule has 6 heteroatoms. The Morgan fingerprint density at radius 1 is 1.05 bits per heavy atom. The van der Waals surface area contributed by atoms with E-state index >= 15 is 0 Å². The van der Waals surface area contributed by atoms with E-state index in [1.54, 1.807) is 7.11 Å². The minimum absolute atomic E-state index is 0.151. The van der Waals surface area contributed by atoms with Crippen molar-refractivity contribution in [3.8, 4) is 5.75 Å². The number of ketones is 2. The maximum absolute atomic E-state index is 14.5. The van der Waals surface area contributed by atoms with Crippen molar-refractivity contribution in [2.24, 2.45) is 5.92 Å². The first-order valence-corrected chi connectivity index (χ1v) is 13.1. The van der Waals surface area contributed by atoms with Gasteiger partial charge in [-0.2, -0.15) is 0 Å². The van der Waals surface area contributed by atoms with Crippen molar-refractivity contribution in [1.29, 1.82) is 0 Å². The summed E-state index contributed by atoms with van der Waals surface area (Å²) in [4.78, 5) is 44.1. The van der Waals surface area contributed by atoms with E-state index < -0.39 is 23.4 Å². The first-order valence-electron chi connectivity index (χ1n) is 13.1. The lowest BCUT2D eigenvalue weighted by atomic mass is 9.64. The van der Waals surface area contributed by atoms with Crippen LogP contribution in [0, 0.1) is 5.92 Å². The molecule has 1 N–H and O–H groups in total. The van der Waals surface area contributed by atoms with Crippen molar-refractivity contribution >= 4 is 34.9 Å². The summed E-state index contributed by atoms with van der Waals surface area (Å²) in [6.45, 7) is 3.64. The maximum Gasteiger partial charge on any atom is 0.238 e. The Labute approximate surface area is 222 Å². The van der Waals surface area contributed by atoms with Gasteiger partial charge in [0.2, 0.25) is 5.91 Å². The fraction of sp³-hybridized carbons (Fsp3) is 0.281. The summed E-state index contributed by atoms with van der Waals surface area (Å²) in [6.07, 6.45) is 5.87. The van der Waals surface area contributed by atoms with Crippen LogP contribution in [0.15, 0.2) is 72.8 Å². The van der Waals surface area contributed by atoms with E-state index in [0.29, 0.717) is 17.0 Å². The molecule has 6 rings (SSSR count). The lowest BCUT2D eigenvalue weighted by molar-refractivity contribution is -0.122. The van der Waals surface area contributed by atoms with Gasteiger partial charge in [0, 0.05) is 22.5 Å². The highest BCUT2D eigenvalue weighted by Crippen LogP contribution is 2.57. The number of nitrogens with one attached hydrogen (secondary N) is 1. The molecule has 1 spiro atoms. The Morgan fingerprint density at radius 2 is 1.82 bits per heavy atom. The van der Waals surface area contributed by atoms with Crippen LogP contribution in [0.5, 0.6) is 5.75 Å². The van der Waals surface area contributed by atoms with Crippen molar-refractivity contribution in [1.82, 2.24) is 0 Å². The molecule has 3 aliphatic heterocycles. The number of methoxy groups -OCH3 is 1. The van der Waals surface area contributed by atoms with Gasteiger partial charge < -0.3 is 15.0 Å². The molecule has 0 radical (unpaired) electrons. The molecule has 6 nitrogen and oxygen atoms in total. The van der Waals surface area contributed by atoms with Crippen molar-refractivity contribution < 1.29 is 19.1 Å². The predicted molar refractivity (Wildman–Crippen MR) is 148 cm³/mol. The second kappa shape index (κ2) is 8.98. The average Bonchev–Trinajstić information content (AvgIpc) is 3.41. The maximum atomic E-state index is 14.5. The molecule has 0 aromatic heterocycles. The van der Waals surface area contributed by atoms with Gasteiger partial charge in [0.05, 0.1) is 25.1 Å². The molecule has 3 aromatic carbocycles. The number of amides is 1. The summed E-state index contributed by atoms with van der Waals surface area (Å²) < 4.78 is 5.43. The van der Waals surface area contributed by atoms with Crippen molar-refractivity contribution in [3.05, 3.63) is 95.1 Å². The molecule has 1 saturated heterocycles. The van der Waals surface area contributed by atoms with Crippen LogP contribution in [-0.4, -0.2) is 36.7 Å². The first-order chi connectivity index (χ1) is 18.4. The number of aryl methyl sites for hydroxylation is 1. The second-order valence-electron chi connectivity index (χ2n) is 10.3. The molecule has 4 atom stereocenters. The number of hydrogen-bond acceptors (Lipinski definition) is 5. The van der Waals surface area contributed by atoms with Gasteiger partial charge in [0.15, 0.2) is 11.6 Å². The van der Waals surface area contributed by atoms with Gasteiger partial charge >= 0.3 is 0 Å². The zero-order chi connectivity index (χ0) is 26.6. The SMILES string of the molecule is CCCc1ccc(C(=O)[C@@H]2[C@@H](C(C)=O)N3c4ccc(OC)cc4C=C[C@@H]3[C@@]23C(=O)Nc2ccccc23)cc1. The van der Waals surface area contributed by atoms with Crippen LogP contribution in [0.25, 0.3) is 6.08 Å². The highest BCUT2D eigenvalue weighted by molar-refractivity contribution is 6.16. The topological polar surface area (TPSA) is 75.7 Å². The van der Waals surface area contributed by atoms with Gasteiger partial charge in [-0.15, -0.1) is 0 Å². The second-order valence-corrected chi connectivity index (χ2v) is 10.3. The first kappa shape index (κ1) is 24.2. The van der Waals surface area contributed by atoms with Crippen LogP contribution >= 0.6 is 0 Å². The number of ether oxygens (including phenoxy) is 1. The van der Waals surface area contributed by atoms with E-state index in [2.05, 4.69) is 12.2 Å². The molecule has 1 fully saturated rings. The van der Waals surface area contributed by atoms with E-state index in [1.807, 2.05) is 83.8 Å². The van der Waals surface area contributed by atoms with Gasteiger partial charge in [0.1, 0.15) is 11.2 Å². The number of fused-ring (bicyclic) bond motifs is 6. The Bertz CT molecular complexity index is 1490. The summed E-state index contributed by atoms with van der Waals surface area (Å²) in [6, 6.07) is 19.5. The molecule has 0 bridgehead atoms. The predicted octanol–water partition coefficient (Wildman–Crippen LogP) is 5.21. The smallest absolute Gasteiger partial charge is 0.238 e. The number of para-hydroxylation sites is 1. The van der Waals surface area contributed by atoms with E-state index in [-0.39, 0.29) is 17.5 Å². The number of carbonyl (C=O) groups excluding carboxylic acids is 3. The van der Waals surface area contributed by atoms with E-state index in [1.165, 1.54) is 6.92 Å². The molecule has 38 heavy (non-hydrogen) atoms. The minimum atomic E-state index is -1.26. The zero-order valence-corrected chi connectivity index (χ0v) is 21.7. The molecule has 192 valence electrons. The fourth-order valence-corrected chi connectivity index (χ4v) is 6.74. The monoisotopic (exact) mass is 506 g/mol. The normalized spacial score (nSPS) is 24.6. The van der Waals surface area contributed by atoms with E-state index in [0.717, 1.165) is 35.2 Å². The molecule has 0 saturated carbocycles. The third-order valence-electron chi connectivity index (χ3n) is 8.32. The number of rotatable bonds is 6. The Kier molecular flexibility index (Phi) is 5.71. The van der Waals surface area contributed by atoms with Gasteiger partial charge in [-0.05, 0) is 48.7 Å². The number of nitrogens with zero attached hydrogens (tertiary/aromatic N) is 1. The van der Waals surface area contributed by atoms with Crippen LogP contribution < -0.4 is 15.0 Å². The van der Waals surface area contributed by atoms with Crippen LogP contribution in [0.1, 0.15) is 47.3 Å². The number of hydrogen-bond donors (Lipinski definition) is 1. The van der Waals surface area contributed by atoms with Gasteiger partial charge in [-0.25, -0.2) is 0 Å².